The Hall–Kier alpha value is -4.49. The number of aryl methyl sites for hydroxylation is 1. The first-order valence-electron chi connectivity index (χ1n) is 12.2. The number of fused-ring (bicyclic) bond motifs is 2. The van der Waals surface area contributed by atoms with Crippen molar-refractivity contribution in [2.75, 3.05) is 7.11 Å². The van der Waals surface area contributed by atoms with Gasteiger partial charge in [-0.1, -0.05) is 42.5 Å². The zero-order valence-corrected chi connectivity index (χ0v) is 20.9. The van der Waals surface area contributed by atoms with E-state index >= 15 is 0 Å². The van der Waals surface area contributed by atoms with Crippen molar-refractivity contribution in [3.8, 4) is 11.5 Å². The number of ether oxygens (including phenoxy) is 1. The van der Waals surface area contributed by atoms with Gasteiger partial charge in [0.2, 0.25) is 0 Å². The van der Waals surface area contributed by atoms with Crippen LogP contribution in [0.4, 0.5) is 0 Å². The molecular formula is C30H30N4O3. The summed E-state index contributed by atoms with van der Waals surface area (Å²) >= 11 is 0. The number of aromatic hydroxyl groups is 1. The van der Waals surface area contributed by atoms with Gasteiger partial charge in [-0.05, 0) is 65.9 Å². The van der Waals surface area contributed by atoms with Crippen molar-refractivity contribution < 1.29 is 14.6 Å². The number of hydrogen-bond donors (Lipinski definition) is 4. The summed E-state index contributed by atoms with van der Waals surface area (Å²) in [5.41, 5.74) is 7.27. The summed E-state index contributed by atoms with van der Waals surface area (Å²) in [6.45, 7) is 1.52. The maximum atomic E-state index is 12.6. The highest BCUT2D eigenvalue weighted by Crippen LogP contribution is 2.38. The van der Waals surface area contributed by atoms with E-state index in [0.29, 0.717) is 17.9 Å². The number of ketones is 1. The number of nitrogens with one attached hydrogen (secondary N) is 2. The zero-order valence-electron chi connectivity index (χ0n) is 20.9. The van der Waals surface area contributed by atoms with Crippen LogP contribution in [0, 0.1) is 0 Å². The summed E-state index contributed by atoms with van der Waals surface area (Å²) in [4.78, 5) is 12.6. The standard InChI is InChI=1S/C30H30N4O3/c1-19(35)27(16-21-8-11-23(36)12-9-21)33-30-28(17-20-6-4-3-5-7-20)34(31)29-25-14-13-24(37-2)18-22(25)10-15-26(29)32-30/h3-9,11-14,16,18,32-33,36H,10,15,17,31H2,1-2H3/b27-16-. The second kappa shape index (κ2) is 10.2. The van der Waals surface area contributed by atoms with Crippen molar-refractivity contribution in [3.63, 3.8) is 0 Å². The third kappa shape index (κ3) is 5.08. The number of nitrogens with two attached hydrogens (primary N) is 1. The average Bonchev–Trinajstić information content (AvgIpc) is 2.91. The zero-order chi connectivity index (χ0) is 25.9. The number of nitrogens with zero attached hydrogens (tertiary/aromatic N) is 1. The molecule has 7 nitrogen and oxygen atoms in total. The number of allylic oxidation sites excluding steroid dienone is 3. The molecule has 5 rings (SSSR count). The van der Waals surface area contributed by atoms with Crippen molar-refractivity contribution in [3.05, 3.63) is 118 Å². The number of methoxy groups -OCH3 is 1. The Kier molecular flexibility index (Phi) is 6.70. The summed E-state index contributed by atoms with van der Waals surface area (Å²) < 4.78 is 5.43. The number of carbonyl (C=O) groups excluding carboxylic acids is 1. The summed E-state index contributed by atoms with van der Waals surface area (Å²) in [5.74, 6) is 8.39. The smallest absolute Gasteiger partial charge is 0.176 e. The molecule has 0 spiro atoms. The van der Waals surface area contributed by atoms with Crippen molar-refractivity contribution in [1.82, 2.24) is 15.6 Å². The number of hydrogen-bond acceptors (Lipinski definition) is 7. The van der Waals surface area contributed by atoms with Gasteiger partial charge in [0.25, 0.3) is 0 Å². The van der Waals surface area contributed by atoms with E-state index in [1.54, 1.807) is 42.5 Å². The van der Waals surface area contributed by atoms with Gasteiger partial charge in [0.15, 0.2) is 5.78 Å². The third-order valence-electron chi connectivity index (χ3n) is 6.65. The Labute approximate surface area is 216 Å². The first-order chi connectivity index (χ1) is 17.9. The first-order valence-corrected chi connectivity index (χ1v) is 12.2. The van der Waals surface area contributed by atoms with Crippen LogP contribution in [-0.2, 0) is 17.6 Å². The molecule has 3 aromatic rings. The van der Waals surface area contributed by atoms with Gasteiger partial charge in [-0.25, -0.2) is 5.84 Å². The number of phenolic OH excluding ortho intramolecular Hbond substituents is 1. The fourth-order valence-electron chi connectivity index (χ4n) is 4.71. The van der Waals surface area contributed by atoms with Crippen molar-refractivity contribution in [2.45, 2.75) is 26.2 Å². The number of hydrazine groups is 1. The molecule has 0 saturated carbocycles. The highest BCUT2D eigenvalue weighted by molar-refractivity contribution is 5.97. The summed E-state index contributed by atoms with van der Waals surface area (Å²) in [7, 11) is 1.67. The lowest BCUT2D eigenvalue weighted by atomic mass is 9.90. The molecule has 0 unspecified atom stereocenters. The lowest BCUT2D eigenvalue weighted by molar-refractivity contribution is -0.113. The van der Waals surface area contributed by atoms with Crippen LogP contribution in [0.15, 0.2) is 95.7 Å². The second-order valence-corrected chi connectivity index (χ2v) is 9.16. The van der Waals surface area contributed by atoms with E-state index in [2.05, 4.69) is 34.9 Å². The van der Waals surface area contributed by atoms with Gasteiger partial charge in [0.05, 0.1) is 24.2 Å². The minimum Gasteiger partial charge on any atom is -0.508 e. The number of carbonyl (C=O) groups is 1. The van der Waals surface area contributed by atoms with Gasteiger partial charge in [0.1, 0.15) is 17.3 Å². The molecule has 188 valence electrons. The van der Waals surface area contributed by atoms with E-state index in [4.69, 9.17) is 10.6 Å². The molecular weight excluding hydrogens is 464 g/mol. The summed E-state index contributed by atoms with van der Waals surface area (Å²) in [6.07, 6.45) is 3.93. The molecule has 3 aromatic carbocycles. The predicted octanol–water partition coefficient (Wildman–Crippen LogP) is 4.43. The van der Waals surface area contributed by atoms with Crippen molar-refractivity contribution in [2.24, 2.45) is 5.84 Å². The van der Waals surface area contributed by atoms with Crippen LogP contribution in [0.1, 0.15) is 35.6 Å². The van der Waals surface area contributed by atoms with Crippen LogP contribution >= 0.6 is 0 Å². The number of Topliss-reactive ketones (excluding diaryl/α,β-unsaturated/α-hetero) is 1. The molecule has 0 saturated heterocycles. The van der Waals surface area contributed by atoms with Gasteiger partial charge in [-0.3, -0.25) is 9.80 Å². The monoisotopic (exact) mass is 494 g/mol. The maximum Gasteiger partial charge on any atom is 0.176 e. The number of benzene rings is 3. The van der Waals surface area contributed by atoms with E-state index in [9.17, 15) is 9.90 Å². The quantitative estimate of drug-likeness (QED) is 0.285. The average molecular weight is 495 g/mol. The van der Waals surface area contributed by atoms with E-state index in [-0.39, 0.29) is 11.5 Å². The van der Waals surface area contributed by atoms with Crippen LogP contribution in [-0.4, -0.2) is 23.0 Å². The highest BCUT2D eigenvalue weighted by atomic mass is 16.5. The lowest BCUT2D eigenvalue weighted by Gasteiger charge is -2.38. The molecule has 0 bridgehead atoms. The molecule has 5 N–H and O–H groups in total. The predicted molar refractivity (Wildman–Crippen MR) is 144 cm³/mol. The molecule has 2 aliphatic rings. The Bertz CT molecular complexity index is 1420. The van der Waals surface area contributed by atoms with Gasteiger partial charge >= 0.3 is 0 Å². The minimum atomic E-state index is -0.120. The molecule has 1 aliphatic carbocycles. The SMILES string of the molecule is COc1ccc2c(c1)CCC1=C2N(N)C(Cc2ccccc2)=C(N/C(=C\c2ccc(O)cc2)C(C)=O)N1. The van der Waals surface area contributed by atoms with E-state index in [1.807, 2.05) is 24.3 Å². The van der Waals surface area contributed by atoms with Crippen LogP contribution < -0.4 is 21.2 Å². The third-order valence-corrected chi connectivity index (χ3v) is 6.65. The lowest BCUT2D eigenvalue weighted by Crippen LogP contribution is -2.44. The molecule has 0 atom stereocenters. The molecule has 0 radical (unpaired) electrons. The maximum absolute atomic E-state index is 12.6. The largest absolute Gasteiger partial charge is 0.508 e. The Morgan fingerprint density at radius 2 is 1.86 bits per heavy atom. The van der Waals surface area contributed by atoms with Gasteiger partial charge < -0.3 is 20.5 Å². The molecule has 0 fully saturated rings. The summed E-state index contributed by atoms with van der Waals surface area (Å²) in [5, 5.41) is 18.3. The highest BCUT2D eigenvalue weighted by Gasteiger charge is 2.31. The van der Waals surface area contributed by atoms with Gasteiger partial charge in [-0.2, -0.15) is 0 Å². The topological polar surface area (TPSA) is 99.8 Å². The van der Waals surface area contributed by atoms with Gasteiger partial charge in [0, 0.05) is 24.6 Å². The van der Waals surface area contributed by atoms with Crippen molar-refractivity contribution in [1.29, 1.82) is 0 Å². The van der Waals surface area contributed by atoms with Gasteiger partial charge in [-0.15, -0.1) is 0 Å². The molecule has 7 heteroatoms. The fourth-order valence-corrected chi connectivity index (χ4v) is 4.71. The molecule has 0 aromatic heterocycles. The molecule has 1 heterocycles. The molecule has 37 heavy (non-hydrogen) atoms. The normalized spacial score (nSPS) is 15.1. The molecule has 0 amide bonds. The van der Waals surface area contributed by atoms with Crippen LogP contribution in [0.3, 0.4) is 0 Å². The Morgan fingerprint density at radius 3 is 2.57 bits per heavy atom. The summed E-state index contributed by atoms with van der Waals surface area (Å²) in [6, 6.07) is 22.9. The van der Waals surface area contributed by atoms with Crippen molar-refractivity contribution >= 4 is 17.6 Å². The number of phenols is 1. The van der Waals surface area contributed by atoms with E-state index < -0.39 is 0 Å². The Morgan fingerprint density at radius 1 is 1.11 bits per heavy atom. The minimum absolute atomic E-state index is 0.120. The van der Waals surface area contributed by atoms with Crippen LogP contribution in [0.2, 0.25) is 0 Å². The first kappa shape index (κ1) is 24.2. The van der Waals surface area contributed by atoms with Crippen LogP contribution in [0.5, 0.6) is 11.5 Å². The van der Waals surface area contributed by atoms with Crippen LogP contribution in [0.25, 0.3) is 11.8 Å². The van der Waals surface area contributed by atoms with E-state index in [0.717, 1.165) is 52.4 Å². The fraction of sp³-hybridized carbons (Fsp3) is 0.167. The Balaban J connectivity index is 1.56. The second-order valence-electron chi connectivity index (χ2n) is 9.16. The molecule has 1 aliphatic heterocycles. The number of rotatable bonds is 7. The van der Waals surface area contributed by atoms with E-state index in [1.165, 1.54) is 12.5 Å².